The Kier molecular flexibility index (Phi) is 4.33. The second-order valence-electron chi connectivity index (χ2n) is 3.60. The van der Waals surface area contributed by atoms with Crippen LogP contribution in [0.5, 0.6) is 5.75 Å². The van der Waals surface area contributed by atoms with Crippen LogP contribution in [0.25, 0.3) is 0 Å². The number of carboxylic acid groups (broad SMARTS) is 2. The average Bonchev–Trinajstić information content (AvgIpc) is 2.28. The van der Waals surface area contributed by atoms with Crippen molar-refractivity contribution in [3.8, 4) is 5.75 Å². The van der Waals surface area contributed by atoms with Crippen molar-refractivity contribution in [3.63, 3.8) is 0 Å². The second-order valence-corrected chi connectivity index (χ2v) is 3.60. The number of para-hydroxylation sites is 1. The predicted molar refractivity (Wildman–Crippen MR) is 60.0 cm³/mol. The normalized spacial score (nSPS) is 12.0. The molecule has 20 heavy (non-hydrogen) atoms. The van der Waals surface area contributed by atoms with Gasteiger partial charge in [-0.1, -0.05) is 6.07 Å². The number of hydrogen-bond acceptors (Lipinski definition) is 4. The van der Waals surface area contributed by atoms with Crippen LogP contribution in [0, 0.1) is 5.92 Å². The number of aliphatic carboxylic acids is 2. The number of carbonyl (C=O) groups is 2. The Balaban J connectivity index is 3.16. The molecule has 0 saturated heterocycles. The molecule has 1 aromatic rings. The van der Waals surface area contributed by atoms with Crippen molar-refractivity contribution >= 4 is 23.8 Å². The number of rotatable bonds is 4. The molecular formula is C11H8F3NO5. The number of aromatic hydroxyl groups is 1. The van der Waals surface area contributed by atoms with Gasteiger partial charge in [0, 0.05) is 6.21 Å². The van der Waals surface area contributed by atoms with Crippen molar-refractivity contribution < 1.29 is 38.1 Å². The summed E-state index contributed by atoms with van der Waals surface area (Å²) in [6, 6.07) is 2.55. The molecule has 0 atom stereocenters. The lowest BCUT2D eigenvalue weighted by atomic mass is 10.1. The van der Waals surface area contributed by atoms with Gasteiger partial charge in [0.2, 0.25) is 0 Å². The fourth-order valence-corrected chi connectivity index (χ4v) is 1.25. The summed E-state index contributed by atoms with van der Waals surface area (Å²) in [5.41, 5.74) is -1.93. The van der Waals surface area contributed by atoms with Gasteiger partial charge in [-0.05, 0) is 12.1 Å². The Morgan fingerprint density at radius 2 is 1.75 bits per heavy atom. The molecule has 0 fully saturated rings. The Morgan fingerprint density at radius 1 is 1.20 bits per heavy atom. The number of benzene rings is 1. The summed E-state index contributed by atoms with van der Waals surface area (Å²) in [5, 5.41) is 26.5. The molecule has 0 radical (unpaired) electrons. The van der Waals surface area contributed by atoms with Gasteiger partial charge in [-0.25, -0.2) is 0 Å². The first-order valence-corrected chi connectivity index (χ1v) is 5.03. The molecule has 0 heterocycles. The average molecular weight is 291 g/mol. The lowest BCUT2D eigenvalue weighted by molar-refractivity contribution is -0.150. The summed E-state index contributed by atoms with van der Waals surface area (Å²) in [6.45, 7) is 0. The standard InChI is InChI=1S/C11H8F3NO5/c12-11(13,14)6-2-1-3-7(8(6)16)15-4-5(9(17)18)10(19)20/h1-5,16H,(H,17,18)(H,19,20). The molecule has 0 unspecified atom stereocenters. The molecular weight excluding hydrogens is 283 g/mol. The Labute approximate surface area is 109 Å². The second kappa shape index (κ2) is 5.59. The summed E-state index contributed by atoms with van der Waals surface area (Å²) in [4.78, 5) is 24.4. The number of nitrogens with zero attached hydrogens (tertiary/aromatic N) is 1. The van der Waals surface area contributed by atoms with Crippen molar-refractivity contribution in [2.75, 3.05) is 0 Å². The molecule has 0 bridgehead atoms. The number of phenols is 1. The van der Waals surface area contributed by atoms with Crippen molar-refractivity contribution in [2.24, 2.45) is 10.9 Å². The maximum Gasteiger partial charge on any atom is 0.420 e. The van der Waals surface area contributed by atoms with Crippen LogP contribution in [-0.2, 0) is 15.8 Å². The van der Waals surface area contributed by atoms with Crippen molar-refractivity contribution in [2.45, 2.75) is 6.18 Å². The molecule has 1 rings (SSSR count). The van der Waals surface area contributed by atoms with Gasteiger partial charge in [-0.2, -0.15) is 13.2 Å². The first-order chi connectivity index (χ1) is 9.14. The summed E-state index contributed by atoms with van der Waals surface area (Å²) in [6.07, 6.45) is -4.38. The quantitative estimate of drug-likeness (QED) is 0.580. The molecule has 0 aliphatic carbocycles. The minimum absolute atomic E-state index is 0.430. The van der Waals surface area contributed by atoms with Gasteiger partial charge in [-0.15, -0.1) is 0 Å². The lowest BCUT2D eigenvalue weighted by Crippen LogP contribution is -2.24. The van der Waals surface area contributed by atoms with Crippen LogP contribution >= 0.6 is 0 Å². The van der Waals surface area contributed by atoms with Crippen molar-refractivity contribution in [1.29, 1.82) is 0 Å². The van der Waals surface area contributed by atoms with Gasteiger partial charge < -0.3 is 15.3 Å². The van der Waals surface area contributed by atoms with Crippen LogP contribution < -0.4 is 0 Å². The molecule has 0 saturated carbocycles. The van der Waals surface area contributed by atoms with Crippen molar-refractivity contribution in [1.82, 2.24) is 0 Å². The summed E-state index contributed by atoms with van der Waals surface area (Å²) >= 11 is 0. The van der Waals surface area contributed by atoms with Gasteiger partial charge in [0.1, 0.15) is 5.69 Å². The van der Waals surface area contributed by atoms with Crippen molar-refractivity contribution in [3.05, 3.63) is 23.8 Å². The minimum Gasteiger partial charge on any atom is -0.505 e. The fraction of sp³-hybridized carbons (Fsp3) is 0.182. The Hall–Kier alpha value is -2.58. The van der Waals surface area contributed by atoms with Crippen LogP contribution in [0.4, 0.5) is 18.9 Å². The number of phenolic OH excluding ortho intramolecular Hbond substituents is 1. The van der Waals surface area contributed by atoms with E-state index in [1.807, 2.05) is 0 Å². The predicted octanol–water partition coefficient (Wildman–Crippen LogP) is 1.90. The third kappa shape index (κ3) is 3.46. The molecule has 0 aliphatic heterocycles. The smallest absolute Gasteiger partial charge is 0.420 e. The molecule has 1 aromatic carbocycles. The maximum atomic E-state index is 12.5. The first-order valence-electron chi connectivity index (χ1n) is 5.03. The summed E-state index contributed by atoms with van der Waals surface area (Å²) < 4.78 is 37.5. The Morgan fingerprint density at radius 3 is 2.20 bits per heavy atom. The van der Waals surface area contributed by atoms with Gasteiger partial charge in [-0.3, -0.25) is 14.6 Å². The van der Waals surface area contributed by atoms with E-state index < -0.39 is 41.0 Å². The van der Waals surface area contributed by atoms with Crippen LogP contribution in [-0.4, -0.2) is 33.5 Å². The number of aliphatic imine (C=N–C) groups is 1. The molecule has 0 spiro atoms. The molecule has 6 nitrogen and oxygen atoms in total. The highest BCUT2D eigenvalue weighted by molar-refractivity contribution is 6.08. The highest BCUT2D eigenvalue weighted by Gasteiger charge is 2.34. The van der Waals surface area contributed by atoms with E-state index in [1.54, 1.807) is 0 Å². The zero-order valence-electron chi connectivity index (χ0n) is 9.63. The van der Waals surface area contributed by atoms with E-state index in [9.17, 15) is 27.9 Å². The van der Waals surface area contributed by atoms with Gasteiger partial charge >= 0.3 is 18.1 Å². The molecule has 9 heteroatoms. The molecule has 0 aliphatic rings. The molecule has 0 aromatic heterocycles. The minimum atomic E-state index is -4.81. The molecule has 0 amide bonds. The molecule has 108 valence electrons. The number of halogens is 3. The number of hydrogen-bond donors (Lipinski definition) is 3. The van der Waals surface area contributed by atoms with Gasteiger partial charge in [0.15, 0.2) is 11.7 Å². The van der Waals surface area contributed by atoms with E-state index in [0.717, 1.165) is 12.1 Å². The third-order valence-electron chi connectivity index (χ3n) is 2.21. The largest absolute Gasteiger partial charge is 0.505 e. The van der Waals surface area contributed by atoms with E-state index in [0.29, 0.717) is 12.3 Å². The van der Waals surface area contributed by atoms with E-state index >= 15 is 0 Å². The van der Waals surface area contributed by atoms with E-state index in [1.165, 1.54) is 0 Å². The Bertz CT molecular complexity index is 554. The third-order valence-corrected chi connectivity index (χ3v) is 2.21. The van der Waals surface area contributed by atoms with Crippen LogP contribution in [0.1, 0.15) is 5.56 Å². The fourth-order valence-electron chi connectivity index (χ4n) is 1.25. The highest BCUT2D eigenvalue weighted by Crippen LogP contribution is 2.40. The maximum absolute atomic E-state index is 12.5. The number of alkyl halides is 3. The van der Waals surface area contributed by atoms with E-state index in [4.69, 9.17) is 10.2 Å². The number of carboxylic acids is 2. The lowest BCUT2D eigenvalue weighted by Gasteiger charge is -2.10. The summed E-state index contributed by atoms with van der Waals surface area (Å²) in [5.74, 6) is -6.69. The zero-order valence-corrected chi connectivity index (χ0v) is 9.63. The van der Waals surface area contributed by atoms with Crippen LogP contribution in [0.15, 0.2) is 23.2 Å². The summed E-state index contributed by atoms with van der Waals surface area (Å²) in [7, 11) is 0. The monoisotopic (exact) mass is 291 g/mol. The van der Waals surface area contributed by atoms with E-state index in [2.05, 4.69) is 4.99 Å². The SMILES string of the molecule is O=C(O)C(C=Nc1cccc(C(F)(F)F)c1O)C(=O)O. The van der Waals surface area contributed by atoms with Crippen LogP contribution in [0.2, 0.25) is 0 Å². The van der Waals surface area contributed by atoms with Gasteiger partial charge in [0.25, 0.3) is 0 Å². The zero-order chi connectivity index (χ0) is 15.5. The molecule has 3 N–H and O–H groups in total. The first kappa shape index (κ1) is 15.5. The van der Waals surface area contributed by atoms with Gasteiger partial charge in [0.05, 0.1) is 5.56 Å². The topological polar surface area (TPSA) is 107 Å². The highest BCUT2D eigenvalue weighted by atomic mass is 19.4. The van der Waals surface area contributed by atoms with Crippen LogP contribution in [0.3, 0.4) is 0 Å². The van der Waals surface area contributed by atoms with E-state index in [-0.39, 0.29) is 0 Å².